The fourth-order valence-corrected chi connectivity index (χ4v) is 3.80. The Balaban J connectivity index is 1.39. The standard InChI is InChI=1S/C19H18N4O2S/c1-11-18(24)23-15-10-12(6-7-16(15)26-11)19(25)20-9-8-17-21-13-4-2-3-5-14(13)22-17/h2-7,10-11H,8-9H2,1H3,(H,20,25)(H,21,22)(H,23,24). The monoisotopic (exact) mass is 366 g/mol. The lowest BCUT2D eigenvalue weighted by molar-refractivity contribution is -0.115. The third-order valence-corrected chi connectivity index (χ3v) is 5.44. The molecule has 26 heavy (non-hydrogen) atoms. The first-order valence-corrected chi connectivity index (χ1v) is 9.31. The van der Waals surface area contributed by atoms with Crippen LogP contribution in [0.5, 0.6) is 0 Å². The number of nitrogens with zero attached hydrogens (tertiary/aromatic N) is 1. The van der Waals surface area contributed by atoms with Crippen molar-refractivity contribution in [2.75, 3.05) is 11.9 Å². The number of H-pyrrole nitrogens is 1. The van der Waals surface area contributed by atoms with Crippen molar-refractivity contribution in [3.63, 3.8) is 0 Å². The fourth-order valence-electron chi connectivity index (χ4n) is 2.87. The van der Waals surface area contributed by atoms with Crippen molar-refractivity contribution in [2.24, 2.45) is 0 Å². The number of benzene rings is 2. The van der Waals surface area contributed by atoms with Gasteiger partial charge < -0.3 is 15.6 Å². The minimum absolute atomic E-state index is 0.0371. The number of fused-ring (bicyclic) bond motifs is 2. The molecule has 132 valence electrons. The van der Waals surface area contributed by atoms with Crippen LogP contribution in [0.3, 0.4) is 0 Å². The highest BCUT2D eigenvalue weighted by atomic mass is 32.2. The van der Waals surface area contributed by atoms with Crippen molar-refractivity contribution >= 4 is 40.3 Å². The molecule has 2 heterocycles. The highest BCUT2D eigenvalue weighted by Gasteiger charge is 2.23. The van der Waals surface area contributed by atoms with Gasteiger partial charge in [0.2, 0.25) is 5.91 Å². The Morgan fingerprint density at radius 2 is 2.12 bits per heavy atom. The molecule has 3 aromatic rings. The maximum Gasteiger partial charge on any atom is 0.251 e. The van der Waals surface area contributed by atoms with Gasteiger partial charge in [0, 0.05) is 23.4 Å². The molecule has 2 aromatic carbocycles. The Morgan fingerprint density at radius 1 is 1.27 bits per heavy atom. The molecule has 1 aliphatic heterocycles. The molecule has 0 spiro atoms. The number of hydrogen-bond donors (Lipinski definition) is 3. The van der Waals surface area contributed by atoms with E-state index in [-0.39, 0.29) is 17.1 Å². The summed E-state index contributed by atoms with van der Waals surface area (Å²) in [6.07, 6.45) is 0.620. The number of amides is 2. The summed E-state index contributed by atoms with van der Waals surface area (Å²) in [4.78, 5) is 32.9. The summed E-state index contributed by atoms with van der Waals surface area (Å²) < 4.78 is 0. The van der Waals surface area contributed by atoms with Gasteiger partial charge in [-0.3, -0.25) is 9.59 Å². The predicted octanol–water partition coefficient (Wildman–Crippen LogP) is 2.97. The summed E-state index contributed by atoms with van der Waals surface area (Å²) >= 11 is 1.50. The molecule has 0 saturated heterocycles. The van der Waals surface area contributed by atoms with Crippen LogP contribution in [0.25, 0.3) is 11.0 Å². The Kier molecular flexibility index (Phi) is 4.38. The Bertz CT molecular complexity index is 965. The number of nitrogens with one attached hydrogen (secondary N) is 3. The number of hydrogen-bond acceptors (Lipinski definition) is 4. The average molecular weight is 366 g/mol. The number of rotatable bonds is 4. The lowest BCUT2D eigenvalue weighted by Gasteiger charge is -2.21. The average Bonchev–Trinajstić information content (AvgIpc) is 3.05. The number of thioether (sulfide) groups is 1. The van der Waals surface area contributed by atoms with Gasteiger partial charge in [-0.15, -0.1) is 11.8 Å². The highest BCUT2D eigenvalue weighted by molar-refractivity contribution is 8.00. The molecule has 0 aliphatic carbocycles. The summed E-state index contributed by atoms with van der Waals surface area (Å²) in [6.45, 7) is 2.34. The van der Waals surface area contributed by atoms with Gasteiger partial charge in [0.05, 0.1) is 22.0 Å². The van der Waals surface area contributed by atoms with E-state index in [1.54, 1.807) is 12.1 Å². The lowest BCUT2D eigenvalue weighted by Crippen LogP contribution is -2.28. The second-order valence-electron chi connectivity index (χ2n) is 6.17. The van der Waals surface area contributed by atoms with Gasteiger partial charge in [-0.2, -0.15) is 0 Å². The third-order valence-electron chi connectivity index (χ3n) is 4.26. The van der Waals surface area contributed by atoms with Crippen LogP contribution in [0.2, 0.25) is 0 Å². The molecule has 0 radical (unpaired) electrons. The first-order valence-electron chi connectivity index (χ1n) is 8.43. The normalized spacial score (nSPS) is 16.2. The lowest BCUT2D eigenvalue weighted by atomic mass is 10.1. The zero-order chi connectivity index (χ0) is 18.1. The molecule has 6 nitrogen and oxygen atoms in total. The highest BCUT2D eigenvalue weighted by Crippen LogP contribution is 2.35. The summed E-state index contributed by atoms with van der Waals surface area (Å²) in [5, 5.41) is 5.63. The number of para-hydroxylation sites is 2. The summed E-state index contributed by atoms with van der Waals surface area (Å²) in [5.41, 5.74) is 3.14. The number of imidazole rings is 1. The van der Waals surface area contributed by atoms with Crippen LogP contribution >= 0.6 is 11.8 Å². The largest absolute Gasteiger partial charge is 0.352 e. The number of anilines is 1. The van der Waals surface area contributed by atoms with Crippen molar-refractivity contribution in [3.8, 4) is 0 Å². The maximum atomic E-state index is 12.4. The molecule has 4 rings (SSSR count). The van der Waals surface area contributed by atoms with Gasteiger partial charge in [-0.25, -0.2) is 4.98 Å². The molecule has 7 heteroatoms. The van der Waals surface area contributed by atoms with E-state index >= 15 is 0 Å². The summed E-state index contributed by atoms with van der Waals surface area (Å²) in [6, 6.07) is 13.2. The van der Waals surface area contributed by atoms with E-state index in [2.05, 4.69) is 20.6 Å². The Hall–Kier alpha value is -2.80. The number of aromatic amines is 1. The maximum absolute atomic E-state index is 12.4. The topological polar surface area (TPSA) is 86.9 Å². The molecule has 1 unspecified atom stereocenters. The first-order chi connectivity index (χ1) is 12.6. The van der Waals surface area contributed by atoms with Crippen molar-refractivity contribution < 1.29 is 9.59 Å². The van der Waals surface area contributed by atoms with Crippen molar-refractivity contribution in [2.45, 2.75) is 23.5 Å². The fraction of sp³-hybridized carbons (Fsp3) is 0.211. The van der Waals surface area contributed by atoms with Gasteiger partial charge in [-0.05, 0) is 37.3 Å². The minimum Gasteiger partial charge on any atom is -0.352 e. The van der Waals surface area contributed by atoms with Gasteiger partial charge in [0.15, 0.2) is 0 Å². The zero-order valence-corrected chi connectivity index (χ0v) is 15.0. The van der Waals surface area contributed by atoms with Crippen LogP contribution < -0.4 is 10.6 Å². The van der Waals surface area contributed by atoms with Crippen LogP contribution in [-0.2, 0) is 11.2 Å². The number of carbonyl (C=O) groups excluding carboxylic acids is 2. The van der Waals surface area contributed by atoms with Crippen LogP contribution in [0.15, 0.2) is 47.4 Å². The second kappa shape index (κ2) is 6.84. The molecule has 3 N–H and O–H groups in total. The van der Waals surface area contributed by atoms with Gasteiger partial charge in [-0.1, -0.05) is 12.1 Å². The predicted molar refractivity (Wildman–Crippen MR) is 103 cm³/mol. The molecule has 1 aliphatic rings. The molecule has 1 aromatic heterocycles. The zero-order valence-electron chi connectivity index (χ0n) is 14.2. The third kappa shape index (κ3) is 3.30. The van der Waals surface area contributed by atoms with Gasteiger partial charge >= 0.3 is 0 Å². The van der Waals surface area contributed by atoms with Gasteiger partial charge in [0.1, 0.15) is 5.82 Å². The van der Waals surface area contributed by atoms with Crippen molar-refractivity contribution in [3.05, 3.63) is 53.9 Å². The molecule has 1 atom stereocenters. The van der Waals surface area contributed by atoms with E-state index in [9.17, 15) is 9.59 Å². The van der Waals surface area contributed by atoms with Gasteiger partial charge in [0.25, 0.3) is 5.91 Å². The summed E-state index contributed by atoms with van der Waals surface area (Å²) in [7, 11) is 0. The molecule has 2 amide bonds. The smallest absolute Gasteiger partial charge is 0.251 e. The van der Waals surface area contributed by atoms with Crippen LogP contribution in [0, 0.1) is 0 Å². The Morgan fingerprint density at radius 3 is 2.96 bits per heavy atom. The van der Waals surface area contributed by atoms with Crippen LogP contribution in [-0.4, -0.2) is 33.6 Å². The van der Waals surface area contributed by atoms with E-state index in [1.165, 1.54) is 11.8 Å². The molecular formula is C19H18N4O2S. The number of aromatic nitrogens is 2. The second-order valence-corrected chi connectivity index (χ2v) is 7.55. The summed E-state index contributed by atoms with van der Waals surface area (Å²) in [5.74, 6) is 0.640. The quantitative estimate of drug-likeness (QED) is 0.662. The van der Waals surface area contributed by atoms with E-state index in [0.29, 0.717) is 24.2 Å². The van der Waals surface area contributed by atoms with E-state index in [0.717, 1.165) is 21.8 Å². The number of carbonyl (C=O) groups is 2. The molecular weight excluding hydrogens is 348 g/mol. The van der Waals surface area contributed by atoms with E-state index < -0.39 is 0 Å². The molecule has 0 bridgehead atoms. The van der Waals surface area contributed by atoms with E-state index in [1.807, 2.05) is 37.3 Å². The molecule has 0 saturated carbocycles. The first kappa shape index (κ1) is 16.7. The van der Waals surface area contributed by atoms with Crippen LogP contribution in [0.1, 0.15) is 23.1 Å². The van der Waals surface area contributed by atoms with E-state index in [4.69, 9.17) is 0 Å². The van der Waals surface area contributed by atoms with Crippen LogP contribution in [0.4, 0.5) is 5.69 Å². The van der Waals surface area contributed by atoms with Crippen molar-refractivity contribution in [1.29, 1.82) is 0 Å². The minimum atomic E-state index is -0.165. The molecule has 0 fully saturated rings. The Labute approximate surface area is 154 Å². The van der Waals surface area contributed by atoms with Crippen molar-refractivity contribution in [1.82, 2.24) is 15.3 Å². The SMILES string of the molecule is CC1Sc2ccc(C(=O)NCCc3nc4ccccc4[nH]3)cc2NC1=O.